The highest BCUT2D eigenvalue weighted by Gasteiger charge is 2.34. The second-order valence-electron chi connectivity index (χ2n) is 5.67. The highest BCUT2D eigenvalue weighted by atomic mass is 16.3. The van der Waals surface area contributed by atoms with Crippen LogP contribution in [0.25, 0.3) is 0 Å². The van der Waals surface area contributed by atoms with Crippen LogP contribution in [0.2, 0.25) is 0 Å². The molecular formula is C15H27N3O. The van der Waals surface area contributed by atoms with Crippen molar-refractivity contribution in [3.05, 3.63) is 18.0 Å². The molecule has 2 rings (SSSR count). The molecule has 1 aromatic heterocycles. The number of hydrogen-bond acceptors (Lipinski definition) is 3. The zero-order chi connectivity index (χ0) is 13.7. The minimum Gasteiger partial charge on any atom is -0.384 e. The van der Waals surface area contributed by atoms with Gasteiger partial charge < -0.3 is 10.0 Å². The van der Waals surface area contributed by atoms with Crippen LogP contribution in [0.5, 0.6) is 0 Å². The molecule has 1 aliphatic rings. The van der Waals surface area contributed by atoms with Crippen molar-refractivity contribution in [1.29, 1.82) is 0 Å². The lowest BCUT2D eigenvalue weighted by Crippen LogP contribution is -2.31. The van der Waals surface area contributed by atoms with E-state index in [-0.39, 0.29) is 0 Å². The van der Waals surface area contributed by atoms with Gasteiger partial charge in [-0.2, -0.15) is 5.10 Å². The molecule has 4 nitrogen and oxygen atoms in total. The number of aryl methyl sites for hydroxylation is 1. The van der Waals surface area contributed by atoms with Gasteiger partial charge in [-0.1, -0.05) is 13.8 Å². The van der Waals surface area contributed by atoms with Crippen LogP contribution in [0, 0.1) is 0 Å². The molecule has 0 aromatic carbocycles. The Morgan fingerprint density at radius 1 is 1.21 bits per heavy atom. The van der Waals surface area contributed by atoms with Crippen molar-refractivity contribution in [2.24, 2.45) is 0 Å². The molecule has 0 amide bonds. The van der Waals surface area contributed by atoms with E-state index in [9.17, 15) is 5.11 Å². The summed E-state index contributed by atoms with van der Waals surface area (Å²) in [5, 5.41) is 15.4. The first-order valence-corrected chi connectivity index (χ1v) is 7.66. The lowest BCUT2D eigenvalue weighted by molar-refractivity contribution is 0.0123. The van der Waals surface area contributed by atoms with Crippen molar-refractivity contribution >= 4 is 0 Å². The summed E-state index contributed by atoms with van der Waals surface area (Å²) >= 11 is 0. The molecule has 1 aromatic rings. The second-order valence-corrected chi connectivity index (χ2v) is 5.67. The Morgan fingerprint density at radius 3 is 2.74 bits per heavy atom. The normalized spacial score (nSPS) is 25.4. The van der Waals surface area contributed by atoms with Gasteiger partial charge in [-0.25, -0.2) is 0 Å². The SMILES string of the molecule is CCCN1CCCC(O)(c2ccnn2CCC)CC1. The third-order valence-electron chi connectivity index (χ3n) is 4.07. The molecule has 108 valence electrons. The van der Waals surface area contributed by atoms with Crippen LogP contribution >= 0.6 is 0 Å². The summed E-state index contributed by atoms with van der Waals surface area (Å²) in [5.41, 5.74) is 0.321. The maximum Gasteiger partial charge on any atom is 0.107 e. The van der Waals surface area contributed by atoms with Gasteiger partial charge in [0.2, 0.25) is 0 Å². The van der Waals surface area contributed by atoms with E-state index in [0.717, 1.165) is 57.6 Å². The predicted octanol–water partition coefficient (Wildman–Crippen LogP) is 2.38. The van der Waals surface area contributed by atoms with Gasteiger partial charge in [0.1, 0.15) is 5.60 Å². The van der Waals surface area contributed by atoms with E-state index < -0.39 is 5.60 Å². The Kier molecular flexibility index (Phi) is 4.99. The Bertz CT molecular complexity index is 390. The molecule has 0 saturated carbocycles. The molecule has 1 unspecified atom stereocenters. The fourth-order valence-corrected chi connectivity index (χ4v) is 3.09. The number of nitrogens with zero attached hydrogens (tertiary/aromatic N) is 3. The molecule has 1 N–H and O–H groups in total. The Labute approximate surface area is 116 Å². The van der Waals surface area contributed by atoms with Crippen molar-refractivity contribution in [3.63, 3.8) is 0 Å². The van der Waals surface area contributed by atoms with Gasteiger partial charge >= 0.3 is 0 Å². The molecule has 1 atom stereocenters. The summed E-state index contributed by atoms with van der Waals surface area (Å²) in [4.78, 5) is 2.47. The van der Waals surface area contributed by atoms with Crippen molar-refractivity contribution in [2.75, 3.05) is 19.6 Å². The van der Waals surface area contributed by atoms with Crippen molar-refractivity contribution in [2.45, 2.75) is 58.1 Å². The topological polar surface area (TPSA) is 41.3 Å². The standard InChI is InChI=1S/C15H27N3O/c1-3-10-17-12-5-7-15(19,8-13-17)14-6-9-16-18(14)11-4-2/h6,9,19H,3-5,7-8,10-13H2,1-2H3. The van der Waals surface area contributed by atoms with Gasteiger partial charge in [0.15, 0.2) is 0 Å². The molecule has 2 heterocycles. The van der Waals surface area contributed by atoms with Crippen LogP contribution in [0.1, 0.15) is 51.6 Å². The van der Waals surface area contributed by atoms with Crippen LogP contribution in [-0.4, -0.2) is 39.4 Å². The van der Waals surface area contributed by atoms with Crippen LogP contribution in [0.4, 0.5) is 0 Å². The van der Waals surface area contributed by atoms with Crippen molar-refractivity contribution in [3.8, 4) is 0 Å². The number of likely N-dealkylation sites (tertiary alicyclic amines) is 1. The summed E-state index contributed by atoms with van der Waals surface area (Å²) in [7, 11) is 0. The Morgan fingerprint density at radius 2 is 2.00 bits per heavy atom. The Hall–Kier alpha value is -0.870. The summed E-state index contributed by atoms with van der Waals surface area (Å²) in [6, 6.07) is 1.99. The zero-order valence-corrected chi connectivity index (χ0v) is 12.3. The molecule has 1 saturated heterocycles. The predicted molar refractivity (Wildman–Crippen MR) is 77.0 cm³/mol. The molecule has 0 bridgehead atoms. The lowest BCUT2D eigenvalue weighted by atomic mass is 9.91. The quantitative estimate of drug-likeness (QED) is 0.888. The molecule has 19 heavy (non-hydrogen) atoms. The smallest absolute Gasteiger partial charge is 0.107 e. The van der Waals surface area contributed by atoms with Gasteiger partial charge in [-0.3, -0.25) is 4.68 Å². The molecule has 0 radical (unpaired) electrons. The first kappa shape index (κ1) is 14.5. The van der Waals surface area contributed by atoms with Gasteiger partial charge in [-0.05, 0) is 51.3 Å². The molecular weight excluding hydrogens is 238 g/mol. The Balaban J connectivity index is 2.11. The van der Waals surface area contributed by atoms with Crippen LogP contribution in [0.3, 0.4) is 0 Å². The third kappa shape index (κ3) is 3.37. The molecule has 1 aliphatic heterocycles. The lowest BCUT2D eigenvalue weighted by Gasteiger charge is -2.27. The number of rotatable bonds is 5. The monoisotopic (exact) mass is 265 g/mol. The van der Waals surface area contributed by atoms with Crippen molar-refractivity contribution < 1.29 is 5.11 Å². The van der Waals surface area contributed by atoms with E-state index in [2.05, 4.69) is 23.8 Å². The van der Waals surface area contributed by atoms with E-state index in [1.165, 1.54) is 6.42 Å². The molecule has 4 heteroatoms. The summed E-state index contributed by atoms with van der Waals surface area (Å²) in [6.07, 6.45) is 6.79. The van der Waals surface area contributed by atoms with E-state index in [0.29, 0.717) is 0 Å². The van der Waals surface area contributed by atoms with E-state index in [4.69, 9.17) is 0 Å². The highest BCUT2D eigenvalue weighted by Crippen LogP contribution is 2.32. The first-order chi connectivity index (χ1) is 9.19. The second kappa shape index (κ2) is 6.53. The largest absolute Gasteiger partial charge is 0.384 e. The third-order valence-corrected chi connectivity index (χ3v) is 4.07. The average Bonchev–Trinajstić information content (AvgIpc) is 2.77. The maximum atomic E-state index is 11.0. The first-order valence-electron chi connectivity index (χ1n) is 7.66. The van der Waals surface area contributed by atoms with Gasteiger partial charge in [-0.15, -0.1) is 0 Å². The minimum atomic E-state index is -0.686. The summed E-state index contributed by atoms with van der Waals surface area (Å²) < 4.78 is 1.98. The molecule has 0 aliphatic carbocycles. The van der Waals surface area contributed by atoms with E-state index in [1.807, 2.05) is 16.9 Å². The van der Waals surface area contributed by atoms with Crippen LogP contribution in [0.15, 0.2) is 12.3 Å². The summed E-state index contributed by atoms with van der Waals surface area (Å²) in [5.74, 6) is 0. The molecule has 1 fully saturated rings. The number of hydrogen-bond donors (Lipinski definition) is 1. The minimum absolute atomic E-state index is 0.686. The molecule has 0 spiro atoms. The fourth-order valence-electron chi connectivity index (χ4n) is 3.09. The van der Waals surface area contributed by atoms with Gasteiger partial charge in [0.05, 0.1) is 5.69 Å². The van der Waals surface area contributed by atoms with E-state index >= 15 is 0 Å². The fraction of sp³-hybridized carbons (Fsp3) is 0.800. The van der Waals surface area contributed by atoms with E-state index in [1.54, 1.807) is 0 Å². The van der Waals surface area contributed by atoms with Gasteiger partial charge in [0, 0.05) is 19.3 Å². The highest BCUT2D eigenvalue weighted by molar-refractivity contribution is 5.12. The maximum absolute atomic E-state index is 11.0. The van der Waals surface area contributed by atoms with Crippen LogP contribution in [-0.2, 0) is 12.1 Å². The van der Waals surface area contributed by atoms with Crippen molar-refractivity contribution in [1.82, 2.24) is 14.7 Å². The zero-order valence-electron chi connectivity index (χ0n) is 12.3. The van der Waals surface area contributed by atoms with Crippen LogP contribution < -0.4 is 0 Å². The summed E-state index contributed by atoms with van der Waals surface area (Å²) in [6.45, 7) is 8.49. The van der Waals surface area contributed by atoms with Gasteiger partial charge in [0.25, 0.3) is 0 Å². The number of aliphatic hydroxyl groups is 1. The number of aromatic nitrogens is 2. The average molecular weight is 265 g/mol.